The van der Waals surface area contributed by atoms with Crippen LogP contribution in [0.5, 0.6) is 0 Å². The fourth-order valence-electron chi connectivity index (χ4n) is 2.21. The molecule has 2 aromatic rings. The van der Waals surface area contributed by atoms with Gasteiger partial charge in [0.05, 0.1) is 0 Å². The molecule has 0 saturated carbocycles. The van der Waals surface area contributed by atoms with Gasteiger partial charge in [-0.15, -0.1) is 12.4 Å². The minimum Gasteiger partial charge on any atom is -0.329 e. The molecular weight excluding hydrogens is 329 g/mol. The number of H-pyrrole nitrogens is 1. The molecule has 0 aliphatic rings. The Bertz CT molecular complexity index is 572. The molecule has 1 heterocycles. The second-order valence-electron chi connectivity index (χ2n) is 5.08. The van der Waals surface area contributed by atoms with Gasteiger partial charge in [0, 0.05) is 31.9 Å². The number of nitrogens with zero attached hydrogens (tertiary/aromatic N) is 2. The third-order valence-corrected chi connectivity index (χ3v) is 3.32. The van der Waals surface area contributed by atoms with E-state index in [1.807, 2.05) is 35.2 Å². The van der Waals surface area contributed by atoms with Crippen LogP contribution in [-0.4, -0.2) is 34.7 Å². The van der Waals surface area contributed by atoms with Gasteiger partial charge in [-0.1, -0.05) is 30.3 Å². The van der Waals surface area contributed by atoms with Crippen LogP contribution in [0.3, 0.4) is 0 Å². The summed E-state index contributed by atoms with van der Waals surface area (Å²) >= 11 is 0. The number of halogens is 4. The van der Waals surface area contributed by atoms with E-state index >= 15 is 0 Å². The van der Waals surface area contributed by atoms with Crippen molar-refractivity contribution in [3.05, 3.63) is 53.3 Å². The zero-order chi connectivity index (χ0) is 16.0. The number of nitrogens with one attached hydrogen (secondary N) is 1. The molecule has 0 saturated heterocycles. The summed E-state index contributed by atoms with van der Waals surface area (Å²) in [5.74, 6) is 0. The highest BCUT2D eigenvalue weighted by Gasteiger charge is 2.33. The molecule has 0 bridgehead atoms. The Morgan fingerprint density at radius 2 is 1.83 bits per heavy atom. The third kappa shape index (κ3) is 6.21. The van der Waals surface area contributed by atoms with E-state index in [-0.39, 0.29) is 12.4 Å². The molecule has 0 spiro atoms. The Balaban J connectivity index is 0.00000264. The van der Waals surface area contributed by atoms with Crippen molar-refractivity contribution in [1.82, 2.24) is 15.1 Å². The Hall–Kier alpha value is -1.57. The van der Waals surface area contributed by atoms with Crippen molar-refractivity contribution < 1.29 is 13.2 Å². The predicted molar refractivity (Wildman–Crippen MR) is 85.3 cm³/mol. The van der Waals surface area contributed by atoms with E-state index in [0.717, 1.165) is 19.0 Å². The van der Waals surface area contributed by atoms with Gasteiger partial charge in [-0.2, -0.15) is 18.3 Å². The topological polar surface area (TPSA) is 57.9 Å². The number of hydrogen-bond acceptors (Lipinski definition) is 3. The molecule has 0 fully saturated rings. The van der Waals surface area contributed by atoms with E-state index < -0.39 is 11.9 Å². The van der Waals surface area contributed by atoms with E-state index in [0.29, 0.717) is 25.3 Å². The maximum Gasteiger partial charge on any atom is 0.435 e. The zero-order valence-electron chi connectivity index (χ0n) is 12.5. The van der Waals surface area contributed by atoms with E-state index in [2.05, 4.69) is 10.2 Å². The van der Waals surface area contributed by atoms with Gasteiger partial charge in [0.15, 0.2) is 5.69 Å². The standard InChI is InChI=1S/C15H19F3N4.ClH/c16-15(17,18)14-10-13(20-21-14)11-22(9-7-19)8-6-12-4-2-1-3-5-12;/h1-5,10H,6-9,11,19H2,(H,20,21);1H. The van der Waals surface area contributed by atoms with Gasteiger partial charge >= 0.3 is 6.18 Å². The number of alkyl halides is 3. The van der Waals surface area contributed by atoms with Crippen molar-refractivity contribution in [3.8, 4) is 0 Å². The lowest BCUT2D eigenvalue weighted by Gasteiger charge is -2.20. The Labute approximate surface area is 139 Å². The third-order valence-electron chi connectivity index (χ3n) is 3.32. The lowest BCUT2D eigenvalue weighted by molar-refractivity contribution is -0.141. The van der Waals surface area contributed by atoms with Crippen LogP contribution in [0.2, 0.25) is 0 Å². The molecule has 3 N–H and O–H groups in total. The first-order valence-electron chi connectivity index (χ1n) is 7.07. The Morgan fingerprint density at radius 3 is 2.39 bits per heavy atom. The van der Waals surface area contributed by atoms with E-state index in [1.165, 1.54) is 5.56 Å². The normalized spacial score (nSPS) is 11.5. The molecule has 0 aliphatic carbocycles. The molecule has 0 amide bonds. The van der Waals surface area contributed by atoms with Gasteiger partial charge in [-0.25, -0.2) is 0 Å². The van der Waals surface area contributed by atoms with Crippen LogP contribution in [0.25, 0.3) is 0 Å². The quantitative estimate of drug-likeness (QED) is 0.809. The van der Waals surface area contributed by atoms with Crippen molar-refractivity contribution in [2.45, 2.75) is 19.1 Å². The smallest absolute Gasteiger partial charge is 0.329 e. The second kappa shape index (κ2) is 8.90. The van der Waals surface area contributed by atoms with E-state index in [4.69, 9.17) is 5.73 Å². The number of aromatic nitrogens is 2. The second-order valence-corrected chi connectivity index (χ2v) is 5.08. The number of hydrogen-bond donors (Lipinski definition) is 2. The molecule has 0 radical (unpaired) electrons. The van der Waals surface area contributed by atoms with Crippen molar-refractivity contribution in [3.63, 3.8) is 0 Å². The minimum absolute atomic E-state index is 0. The van der Waals surface area contributed by atoms with E-state index in [9.17, 15) is 13.2 Å². The highest BCUT2D eigenvalue weighted by atomic mass is 35.5. The van der Waals surface area contributed by atoms with Gasteiger partial charge < -0.3 is 5.73 Å². The summed E-state index contributed by atoms with van der Waals surface area (Å²) in [6, 6.07) is 11.0. The van der Waals surface area contributed by atoms with Crippen LogP contribution in [0.4, 0.5) is 13.2 Å². The summed E-state index contributed by atoms with van der Waals surface area (Å²) in [6.07, 6.45) is -3.60. The van der Waals surface area contributed by atoms with Crippen LogP contribution < -0.4 is 5.73 Å². The fourth-order valence-corrected chi connectivity index (χ4v) is 2.21. The maximum absolute atomic E-state index is 12.5. The average Bonchev–Trinajstić information content (AvgIpc) is 2.95. The monoisotopic (exact) mass is 348 g/mol. The molecule has 2 rings (SSSR count). The molecule has 0 atom stereocenters. The van der Waals surface area contributed by atoms with Crippen LogP contribution in [0, 0.1) is 0 Å². The van der Waals surface area contributed by atoms with Gasteiger partial charge in [0.25, 0.3) is 0 Å². The highest BCUT2D eigenvalue weighted by Crippen LogP contribution is 2.27. The lowest BCUT2D eigenvalue weighted by Crippen LogP contribution is -2.31. The number of rotatable bonds is 7. The molecule has 0 aliphatic heterocycles. The van der Waals surface area contributed by atoms with Crippen molar-refractivity contribution in [2.75, 3.05) is 19.6 Å². The molecule has 1 aromatic heterocycles. The van der Waals surface area contributed by atoms with E-state index in [1.54, 1.807) is 0 Å². The Kier molecular flexibility index (Phi) is 7.54. The predicted octanol–water partition coefficient (Wildman–Crippen LogP) is 2.85. The summed E-state index contributed by atoms with van der Waals surface area (Å²) in [6.45, 7) is 2.16. The first-order chi connectivity index (χ1) is 10.5. The maximum atomic E-state index is 12.5. The first-order valence-corrected chi connectivity index (χ1v) is 7.07. The summed E-state index contributed by atoms with van der Waals surface area (Å²) in [5, 5.41) is 5.76. The number of benzene rings is 1. The summed E-state index contributed by atoms with van der Waals surface area (Å²) < 4.78 is 37.6. The molecule has 0 unspecified atom stereocenters. The van der Waals surface area contributed by atoms with Crippen LogP contribution in [0.1, 0.15) is 17.0 Å². The summed E-state index contributed by atoms with van der Waals surface area (Å²) in [7, 11) is 0. The zero-order valence-corrected chi connectivity index (χ0v) is 13.3. The lowest BCUT2D eigenvalue weighted by atomic mass is 10.1. The molecule has 128 valence electrons. The molecule has 23 heavy (non-hydrogen) atoms. The minimum atomic E-state index is -4.42. The van der Waals surface area contributed by atoms with Gasteiger partial charge in [-0.3, -0.25) is 10.00 Å². The van der Waals surface area contributed by atoms with Gasteiger partial charge in [-0.05, 0) is 18.1 Å². The van der Waals surface area contributed by atoms with Crippen LogP contribution in [-0.2, 0) is 19.1 Å². The number of nitrogens with two attached hydrogens (primary N) is 1. The average molecular weight is 349 g/mol. The van der Waals surface area contributed by atoms with Crippen molar-refractivity contribution in [1.29, 1.82) is 0 Å². The van der Waals surface area contributed by atoms with Crippen molar-refractivity contribution >= 4 is 12.4 Å². The van der Waals surface area contributed by atoms with Gasteiger partial charge in [0.2, 0.25) is 0 Å². The molecule has 4 nitrogen and oxygen atoms in total. The summed E-state index contributed by atoms with van der Waals surface area (Å²) in [4.78, 5) is 2.01. The summed E-state index contributed by atoms with van der Waals surface area (Å²) in [5.41, 5.74) is 6.31. The number of aromatic amines is 1. The molecule has 8 heteroatoms. The largest absolute Gasteiger partial charge is 0.435 e. The molecular formula is C15H20ClF3N4. The fraction of sp³-hybridized carbons (Fsp3) is 0.400. The Morgan fingerprint density at radius 1 is 1.13 bits per heavy atom. The van der Waals surface area contributed by atoms with Gasteiger partial charge in [0.1, 0.15) is 0 Å². The van der Waals surface area contributed by atoms with Crippen LogP contribution >= 0.6 is 12.4 Å². The first kappa shape index (κ1) is 19.5. The highest BCUT2D eigenvalue weighted by molar-refractivity contribution is 5.85. The van der Waals surface area contributed by atoms with Crippen molar-refractivity contribution in [2.24, 2.45) is 5.73 Å². The SMILES string of the molecule is Cl.NCCN(CCc1ccccc1)Cc1cc(C(F)(F)F)n[nH]1. The van der Waals surface area contributed by atoms with Crippen LogP contribution in [0.15, 0.2) is 36.4 Å². The molecule has 1 aromatic carbocycles.